The number of carbonyl (C=O) groups excluding carboxylic acids is 1. The van der Waals surface area contributed by atoms with Crippen LogP contribution in [0, 0.1) is 6.92 Å². The van der Waals surface area contributed by atoms with Crippen LogP contribution in [-0.4, -0.2) is 18.0 Å². The molecule has 1 N–H and O–H groups in total. The Hall–Kier alpha value is -2.81. The number of hydrogen-bond acceptors (Lipinski definition) is 3. The van der Waals surface area contributed by atoms with Crippen LogP contribution in [-0.2, 0) is 4.79 Å². The van der Waals surface area contributed by atoms with Crippen molar-refractivity contribution < 1.29 is 14.6 Å². The third kappa shape index (κ3) is 3.82. The van der Waals surface area contributed by atoms with Gasteiger partial charge in [0.1, 0.15) is 0 Å². The molecule has 0 saturated carbocycles. The maximum atomic E-state index is 12.2. The number of hydrogen-bond donors (Lipinski definition) is 1. The average Bonchev–Trinajstić information content (AvgIpc) is 2.63. The van der Waals surface area contributed by atoms with Gasteiger partial charge in [0, 0.05) is 17.6 Å². The van der Waals surface area contributed by atoms with Gasteiger partial charge in [-0.3, -0.25) is 4.79 Å². The Kier molecular flexibility index (Phi) is 5.03. The maximum Gasteiger partial charge on any atom is 0.165 e. The molecule has 25 heavy (non-hydrogen) atoms. The molecule has 3 rings (SSSR count). The van der Waals surface area contributed by atoms with E-state index in [1.54, 1.807) is 6.07 Å². The summed E-state index contributed by atoms with van der Waals surface area (Å²) in [6.45, 7) is 2.06. The molecule has 0 radical (unpaired) electrons. The zero-order valence-electron chi connectivity index (χ0n) is 14.6. The lowest BCUT2D eigenvalue weighted by Gasteiger charge is -2.16. The minimum Gasteiger partial charge on any atom is -0.504 e. The molecular formula is C22H22O3. The van der Waals surface area contributed by atoms with E-state index in [1.165, 1.54) is 12.7 Å². The molecule has 1 aliphatic carbocycles. The molecule has 0 spiro atoms. The lowest BCUT2D eigenvalue weighted by molar-refractivity contribution is -0.114. The van der Waals surface area contributed by atoms with Crippen LogP contribution in [0.25, 0.3) is 17.7 Å². The standard InChI is InChI=1S/C22H22O3/c1-15-7-9-16(10-8-15)11-12-17-13-19(22(24)21(14-17)25-2)18-5-3-4-6-20(18)23/h5,7-14,24H,3-4,6H2,1-2H3/b12-11+. The van der Waals surface area contributed by atoms with E-state index < -0.39 is 0 Å². The van der Waals surface area contributed by atoms with Gasteiger partial charge in [-0.05, 0) is 43.0 Å². The summed E-state index contributed by atoms with van der Waals surface area (Å²) in [5.41, 5.74) is 4.32. The van der Waals surface area contributed by atoms with Gasteiger partial charge in [0.25, 0.3) is 0 Å². The van der Waals surface area contributed by atoms with E-state index in [2.05, 4.69) is 31.2 Å². The van der Waals surface area contributed by atoms with Crippen molar-refractivity contribution in [2.75, 3.05) is 7.11 Å². The second kappa shape index (κ2) is 7.39. The van der Waals surface area contributed by atoms with E-state index >= 15 is 0 Å². The Morgan fingerprint density at radius 2 is 1.80 bits per heavy atom. The van der Waals surface area contributed by atoms with Crippen molar-refractivity contribution in [2.24, 2.45) is 0 Å². The molecule has 0 amide bonds. The summed E-state index contributed by atoms with van der Waals surface area (Å²) in [6, 6.07) is 11.9. The third-order valence-electron chi connectivity index (χ3n) is 4.41. The Balaban J connectivity index is 2.00. The van der Waals surface area contributed by atoms with E-state index in [1.807, 2.05) is 24.3 Å². The van der Waals surface area contributed by atoms with Crippen molar-refractivity contribution in [3.05, 3.63) is 64.7 Å². The first kappa shape index (κ1) is 17.0. The molecule has 0 unspecified atom stereocenters. The number of carbonyl (C=O) groups is 1. The molecule has 0 saturated heterocycles. The highest BCUT2D eigenvalue weighted by atomic mass is 16.5. The number of phenolic OH excluding ortho intramolecular Hbond substituents is 1. The lowest BCUT2D eigenvalue weighted by atomic mass is 9.90. The fourth-order valence-corrected chi connectivity index (χ4v) is 2.97. The van der Waals surface area contributed by atoms with Crippen LogP contribution in [0.1, 0.15) is 41.5 Å². The first-order valence-corrected chi connectivity index (χ1v) is 8.48. The molecule has 0 heterocycles. The van der Waals surface area contributed by atoms with E-state index in [4.69, 9.17) is 4.74 Å². The number of phenols is 1. The molecular weight excluding hydrogens is 312 g/mol. The number of Topliss-reactive ketones (excluding diaryl/α,β-unsaturated/α-hetero) is 1. The van der Waals surface area contributed by atoms with Crippen LogP contribution in [0.4, 0.5) is 0 Å². The van der Waals surface area contributed by atoms with Gasteiger partial charge >= 0.3 is 0 Å². The normalized spacial score (nSPS) is 14.6. The van der Waals surface area contributed by atoms with E-state index in [9.17, 15) is 9.90 Å². The van der Waals surface area contributed by atoms with Gasteiger partial charge in [-0.15, -0.1) is 0 Å². The van der Waals surface area contributed by atoms with Crippen molar-refractivity contribution in [3.8, 4) is 11.5 Å². The largest absolute Gasteiger partial charge is 0.504 e. The quantitative estimate of drug-likeness (QED) is 0.799. The molecule has 0 fully saturated rings. The van der Waals surface area contributed by atoms with E-state index in [-0.39, 0.29) is 11.5 Å². The summed E-state index contributed by atoms with van der Waals surface area (Å²) in [6.07, 6.45) is 8.13. The Bertz CT molecular complexity index is 842. The van der Waals surface area contributed by atoms with E-state index in [0.29, 0.717) is 23.3 Å². The van der Waals surface area contributed by atoms with Crippen molar-refractivity contribution >= 4 is 23.5 Å². The lowest BCUT2D eigenvalue weighted by Crippen LogP contribution is -2.06. The van der Waals surface area contributed by atoms with Crippen molar-refractivity contribution in [3.63, 3.8) is 0 Å². The smallest absolute Gasteiger partial charge is 0.165 e. The highest BCUT2D eigenvalue weighted by molar-refractivity contribution is 6.22. The van der Waals surface area contributed by atoms with Crippen molar-refractivity contribution in [2.45, 2.75) is 26.2 Å². The van der Waals surface area contributed by atoms with Crippen LogP contribution >= 0.6 is 0 Å². The van der Waals surface area contributed by atoms with Gasteiger partial charge in [-0.25, -0.2) is 0 Å². The van der Waals surface area contributed by atoms with E-state index in [0.717, 1.165) is 24.0 Å². The van der Waals surface area contributed by atoms with Crippen LogP contribution in [0.2, 0.25) is 0 Å². The molecule has 1 aliphatic rings. The molecule has 0 bridgehead atoms. The molecule has 2 aromatic rings. The summed E-state index contributed by atoms with van der Waals surface area (Å²) in [5.74, 6) is 0.472. The minimum absolute atomic E-state index is 0.0245. The summed E-state index contributed by atoms with van der Waals surface area (Å²) >= 11 is 0. The van der Waals surface area contributed by atoms with Gasteiger partial charge in [-0.1, -0.05) is 48.1 Å². The summed E-state index contributed by atoms with van der Waals surface area (Å²) in [4.78, 5) is 12.2. The fourth-order valence-electron chi connectivity index (χ4n) is 2.97. The molecule has 3 heteroatoms. The van der Waals surface area contributed by atoms with Crippen LogP contribution in [0.15, 0.2) is 42.5 Å². The monoisotopic (exact) mass is 334 g/mol. The van der Waals surface area contributed by atoms with Gasteiger partial charge < -0.3 is 9.84 Å². The van der Waals surface area contributed by atoms with Crippen LogP contribution < -0.4 is 4.74 Å². The van der Waals surface area contributed by atoms with Gasteiger partial charge in [0.05, 0.1) is 7.11 Å². The third-order valence-corrected chi connectivity index (χ3v) is 4.41. The number of aromatic hydroxyl groups is 1. The number of ether oxygens (including phenoxy) is 1. The SMILES string of the molecule is COc1cc(/C=C/c2ccc(C)cc2)cc(C2=CCCCC2=O)c1O. The van der Waals surface area contributed by atoms with Crippen LogP contribution in [0.5, 0.6) is 11.5 Å². The van der Waals surface area contributed by atoms with Crippen molar-refractivity contribution in [1.82, 2.24) is 0 Å². The fraction of sp³-hybridized carbons (Fsp3) is 0.227. The molecule has 0 aromatic heterocycles. The molecule has 2 aromatic carbocycles. The summed E-state index contributed by atoms with van der Waals surface area (Å²) in [7, 11) is 1.52. The Morgan fingerprint density at radius 3 is 2.48 bits per heavy atom. The zero-order chi connectivity index (χ0) is 17.8. The number of aryl methyl sites for hydroxylation is 1. The number of rotatable bonds is 4. The van der Waals surface area contributed by atoms with Gasteiger partial charge in [0.15, 0.2) is 17.3 Å². The first-order valence-electron chi connectivity index (χ1n) is 8.48. The topological polar surface area (TPSA) is 46.5 Å². The number of allylic oxidation sites excluding steroid dienone is 2. The second-order valence-electron chi connectivity index (χ2n) is 6.30. The predicted octanol–water partition coefficient (Wildman–Crippen LogP) is 5.02. The number of benzene rings is 2. The molecule has 0 atom stereocenters. The molecule has 3 nitrogen and oxygen atoms in total. The van der Waals surface area contributed by atoms with Gasteiger partial charge in [0.2, 0.25) is 0 Å². The Labute approximate surface area is 148 Å². The summed E-state index contributed by atoms with van der Waals surface area (Å²) in [5, 5.41) is 10.5. The highest BCUT2D eigenvalue weighted by Crippen LogP contribution is 2.38. The molecule has 128 valence electrons. The maximum absolute atomic E-state index is 12.2. The van der Waals surface area contributed by atoms with Crippen molar-refractivity contribution in [1.29, 1.82) is 0 Å². The van der Waals surface area contributed by atoms with Crippen LogP contribution in [0.3, 0.4) is 0 Å². The number of methoxy groups -OCH3 is 1. The second-order valence-corrected chi connectivity index (χ2v) is 6.30. The minimum atomic E-state index is 0.0245. The average molecular weight is 334 g/mol. The molecule has 0 aliphatic heterocycles. The predicted molar refractivity (Wildman–Crippen MR) is 102 cm³/mol. The highest BCUT2D eigenvalue weighted by Gasteiger charge is 2.20. The summed E-state index contributed by atoms with van der Waals surface area (Å²) < 4.78 is 5.30. The Morgan fingerprint density at radius 1 is 1.08 bits per heavy atom. The number of ketones is 1. The first-order chi connectivity index (χ1) is 12.1. The van der Waals surface area contributed by atoms with Gasteiger partial charge in [-0.2, -0.15) is 0 Å². The zero-order valence-corrected chi connectivity index (χ0v) is 14.6.